The van der Waals surface area contributed by atoms with E-state index in [1.54, 1.807) is 6.07 Å². The molecule has 2 heterocycles. The number of pyridine rings is 1. The van der Waals surface area contributed by atoms with Gasteiger partial charge in [0.15, 0.2) is 0 Å². The Morgan fingerprint density at radius 3 is 2.88 bits per heavy atom. The van der Waals surface area contributed by atoms with E-state index in [1.807, 2.05) is 0 Å². The van der Waals surface area contributed by atoms with Crippen LogP contribution in [0, 0.1) is 11.7 Å². The van der Waals surface area contributed by atoms with Crippen LogP contribution in [0.2, 0.25) is 0 Å². The normalized spacial score (nSPS) is 25.2. The molecule has 94 valence electrons. The van der Waals surface area contributed by atoms with Crippen LogP contribution >= 0.6 is 0 Å². The van der Waals surface area contributed by atoms with E-state index in [0.717, 1.165) is 18.7 Å². The van der Waals surface area contributed by atoms with Gasteiger partial charge in [-0.3, -0.25) is 4.98 Å². The van der Waals surface area contributed by atoms with Gasteiger partial charge in [0.2, 0.25) is 0 Å². The lowest BCUT2D eigenvalue weighted by Crippen LogP contribution is -2.43. The molecule has 1 aliphatic rings. The first kappa shape index (κ1) is 12.5. The lowest BCUT2D eigenvalue weighted by atomic mass is 10.0. The van der Waals surface area contributed by atoms with Crippen LogP contribution in [0.25, 0.3) is 0 Å². The van der Waals surface area contributed by atoms with Crippen molar-refractivity contribution in [3.8, 4) is 0 Å². The van der Waals surface area contributed by atoms with E-state index < -0.39 is 0 Å². The highest BCUT2D eigenvalue weighted by Gasteiger charge is 2.23. The summed E-state index contributed by atoms with van der Waals surface area (Å²) in [5.41, 5.74) is 0.793. The maximum absolute atomic E-state index is 12.7. The number of aromatic nitrogens is 1. The highest BCUT2D eigenvalue weighted by atomic mass is 19.1. The monoisotopic (exact) mass is 238 g/mol. The fraction of sp³-hybridized carbons (Fsp3) is 0.615. The van der Waals surface area contributed by atoms with Crippen LogP contribution < -0.4 is 5.32 Å². The smallest absolute Gasteiger partial charge is 0.141 e. The molecule has 0 radical (unpaired) electrons. The van der Waals surface area contributed by atoms with Crippen molar-refractivity contribution >= 4 is 0 Å². The van der Waals surface area contributed by atoms with E-state index in [0.29, 0.717) is 18.6 Å². The van der Waals surface area contributed by atoms with Crippen molar-refractivity contribution in [1.82, 2.24) is 10.3 Å². The van der Waals surface area contributed by atoms with Gasteiger partial charge in [-0.2, -0.15) is 0 Å². The number of morpholine rings is 1. The number of nitrogens with one attached hydrogen (secondary N) is 1. The summed E-state index contributed by atoms with van der Waals surface area (Å²) in [4.78, 5) is 4.05. The van der Waals surface area contributed by atoms with Crippen LogP contribution in [0.1, 0.15) is 32.1 Å². The highest BCUT2D eigenvalue weighted by Crippen LogP contribution is 2.20. The number of halogens is 1. The molecular weight excluding hydrogens is 219 g/mol. The van der Waals surface area contributed by atoms with E-state index >= 15 is 0 Å². The fourth-order valence-corrected chi connectivity index (χ4v) is 2.11. The van der Waals surface area contributed by atoms with Crippen molar-refractivity contribution in [2.24, 2.45) is 5.92 Å². The number of nitrogens with zero attached hydrogens (tertiary/aromatic N) is 1. The Labute approximate surface area is 101 Å². The van der Waals surface area contributed by atoms with Crippen molar-refractivity contribution in [2.75, 3.05) is 13.2 Å². The molecule has 0 spiro atoms. The van der Waals surface area contributed by atoms with Crippen LogP contribution in [0.4, 0.5) is 4.39 Å². The van der Waals surface area contributed by atoms with Crippen LogP contribution in [0.5, 0.6) is 0 Å². The molecule has 3 nitrogen and oxygen atoms in total. The molecule has 0 amide bonds. The third-order valence-electron chi connectivity index (χ3n) is 2.93. The molecule has 0 saturated carbocycles. The molecule has 0 aliphatic carbocycles. The quantitative estimate of drug-likeness (QED) is 0.877. The van der Waals surface area contributed by atoms with Gasteiger partial charge in [-0.05, 0) is 24.5 Å². The maximum atomic E-state index is 12.7. The molecule has 2 unspecified atom stereocenters. The topological polar surface area (TPSA) is 34.1 Å². The van der Waals surface area contributed by atoms with E-state index in [2.05, 4.69) is 24.1 Å². The van der Waals surface area contributed by atoms with E-state index in [4.69, 9.17) is 4.74 Å². The third-order valence-corrected chi connectivity index (χ3v) is 2.93. The van der Waals surface area contributed by atoms with Crippen molar-refractivity contribution in [1.29, 1.82) is 0 Å². The Hall–Kier alpha value is -1.00. The molecular formula is C13H19FN2O. The van der Waals surface area contributed by atoms with Gasteiger partial charge in [0.05, 0.1) is 18.5 Å². The second-order valence-corrected chi connectivity index (χ2v) is 4.96. The lowest BCUT2D eigenvalue weighted by molar-refractivity contribution is -0.00365. The highest BCUT2D eigenvalue weighted by molar-refractivity contribution is 5.09. The number of rotatable bonds is 3. The molecule has 0 aromatic carbocycles. The van der Waals surface area contributed by atoms with Crippen molar-refractivity contribution in [3.63, 3.8) is 0 Å². The molecule has 1 aromatic heterocycles. The average Bonchev–Trinajstić information content (AvgIpc) is 2.30. The first-order chi connectivity index (χ1) is 8.15. The zero-order valence-electron chi connectivity index (χ0n) is 10.3. The van der Waals surface area contributed by atoms with Crippen LogP contribution in [-0.2, 0) is 4.74 Å². The second-order valence-electron chi connectivity index (χ2n) is 4.96. The Morgan fingerprint density at radius 1 is 1.53 bits per heavy atom. The Balaban J connectivity index is 1.88. The predicted octanol–water partition coefficient (Wildman–Crippen LogP) is 2.30. The number of hydrogen-bond acceptors (Lipinski definition) is 3. The molecule has 1 fully saturated rings. The summed E-state index contributed by atoms with van der Waals surface area (Å²) < 4.78 is 18.5. The van der Waals surface area contributed by atoms with Gasteiger partial charge in [-0.1, -0.05) is 13.8 Å². The summed E-state index contributed by atoms with van der Waals surface area (Å²) in [6.45, 7) is 5.85. The zero-order valence-corrected chi connectivity index (χ0v) is 10.3. The summed E-state index contributed by atoms with van der Waals surface area (Å²) >= 11 is 0. The van der Waals surface area contributed by atoms with Crippen molar-refractivity contribution < 1.29 is 9.13 Å². The van der Waals surface area contributed by atoms with Gasteiger partial charge in [0, 0.05) is 12.6 Å². The predicted molar refractivity (Wildman–Crippen MR) is 64.1 cm³/mol. The van der Waals surface area contributed by atoms with Gasteiger partial charge >= 0.3 is 0 Å². The molecule has 1 N–H and O–H groups in total. The molecule has 17 heavy (non-hydrogen) atoms. The standard InChI is InChI=1S/C13H19FN2O/c1-9(2)5-11-8-17-13(7-15-11)12-4-3-10(14)6-16-12/h3-4,6,9,11,13,15H,5,7-8H2,1-2H3. The number of hydrogen-bond donors (Lipinski definition) is 1. The molecule has 1 aromatic rings. The van der Waals surface area contributed by atoms with Gasteiger partial charge in [0.1, 0.15) is 11.9 Å². The summed E-state index contributed by atoms with van der Waals surface area (Å²) in [5.74, 6) is 0.354. The lowest BCUT2D eigenvalue weighted by Gasteiger charge is -2.31. The fourth-order valence-electron chi connectivity index (χ4n) is 2.11. The molecule has 1 aliphatic heterocycles. The molecule has 2 atom stereocenters. The summed E-state index contributed by atoms with van der Waals surface area (Å²) in [6.07, 6.45) is 2.29. The van der Waals surface area contributed by atoms with Gasteiger partial charge in [0.25, 0.3) is 0 Å². The first-order valence-electron chi connectivity index (χ1n) is 6.11. The van der Waals surface area contributed by atoms with E-state index in [9.17, 15) is 4.39 Å². The van der Waals surface area contributed by atoms with Crippen molar-refractivity contribution in [2.45, 2.75) is 32.4 Å². The molecule has 1 saturated heterocycles. The maximum Gasteiger partial charge on any atom is 0.141 e. The molecule has 0 bridgehead atoms. The van der Waals surface area contributed by atoms with Crippen LogP contribution in [-0.4, -0.2) is 24.2 Å². The summed E-state index contributed by atoms with van der Waals surface area (Å²) in [7, 11) is 0. The van der Waals surface area contributed by atoms with Gasteiger partial charge in [-0.25, -0.2) is 4.39 Å². The molecule has 4 heteroatoms. The van der Waals surface area contributed by atoms with E-state index in [-0.39, 0.29) is 11.9 Å². The first-order valence-corrected chi connectivity index (χ1v) is 6.11. The van der Waals surface area contributed by atoms with Gasteiger partial charge < -0.3 is 10.1 Å². The van der Waals surface area contributed by atoms with Gasteiger partial charge in [-0.15, -0.1) is 0 Å². The zero-order chi connectivity index (χ0) is 12.3. The van der Waals surface area contributed by atoms with Crippen LogP contribution in [0.3, 0.4) is 0 Å². The second kappa shape index (κ2) is 5.56. The average molecular weight is 238 g/mol. The number of ether oxygens (including phenoxy) is 1. The Kier molecular flexibility index (Phi) is 4.07. The Morgan fingerprint density at radius 2 is 2.35 bits per heavy atom. The largest absolute Gasteiger partial charge is 0.369 e. The summed E-state index contributed by atoms with van der Waals surface area (Å²) in [6, 6.07) is 3.53. The minimum absolute atomic E-state index is 0.0565. The minimum Gasteiger partial charge on any atom is -0.369 e. The Bertz CT molecular complexity index is 345. The SMILES string of the molecule is CC(C)CC1COC(c2ccc(F)cn2)CN1. The van der Waals surface area contributed by atoms with Crippen LogP contribution in [0.15, 0.2) is 18.3 Å². The minimum atomic E-state index is -0.310. The van der Waals surface area contributed by atoms with E-state index in [1.165, 1.54) is 12.3 Å². The third kappa shape index (κ3) is 3.48. The summed E-state index contributed by atoms with van der Waals surface area (Å²) in [5, 5.41) is 3.45. The molecule has 2 rings (SSSR count). The van der Waals surface area contributed by atoms with Crippen molar-refractivity contribution in [3.05, 3.63) is 29.8 Å².